The van der Waals surface area contributed by atoms with Crippen LogP contribution in [0, 0.1) is 11.2 Å². The van der Waals surface area contributed by atoms with Gasteiger partial charge >= 0.3 is 0 Å². The van der Waals surface area contributed by atoms with Gasteiger partial charge in [0.05, 0.1) is 10.6 Å². The average molecular weight is 414 g/mol. The second kappa shape index (κ2) is 7.61. The minimum absolute atomic E-state index is 0.0732. The Labute approximate surface area is 169 Å². The summed E-state index contributed by atoms with van der Waals surface area (Å²) in [6, 6.07) is 11.1. The van der Waals surface area contributed by atoms with Crippen molar-refractivity contribution in [1.29, 1.82) is 5.41 Å². The number of halogens is 2. The van der Waals surface area contributed by atoms with Gasteiger partial charge in [-0.15, -0.1) is 0 Å². The fourth-order valence-electron chi connectivity index (χ4n) is 2.66. The summed E-state index contributed by atoms with van der Waals surface area (Å²) in [5.74, 6) is -0.219. The van der Waals surface area contributed by atoms with Gasteiger partial charge in [0.1, 0.15) is 24.0 Å². The van der Waals surface area contributed by atoms with E-state index in [4.69, 9.17) is 21.7 Å². The average Bonchev–Trinajstić information content (AvgIpc) is 3.14. The second-order valence-corrected chi connectivity index (χ2v) is 7.26. The number of ether oxygens (including phenoxy) is 1. The van der Waals surface area contributed by atoms with Crippen molar-refractivity contribution in [3.8, 4) is 5.75 Å². The van der Waals surface area contributed by atoms with Gasteiger partial charge in [0, 0.05) is 6.20 Å². The number of carbonyl (C=O) groups is 1. The molecule has 5 nitrogen and oxygen atoms in total. The van der Waals surface area contributed by atoms with E-state index in [1.807, 2.05) is 0 Å². The molecule has 0 fully saturated rings. The number of hydrogen-bond donors (Lipinski definition) is 1. The van der Waals surface area contributed by atoms with Gasteiger partial charge in [-0.3, -0.25) is 15.1 Å². The Hall–Kier alpha value is -2.90. The zero-order valence-electron chi connectivity index (χ0n) is 14.4. The van der Waals surface area contributed by atoms with Crippen molar-refractivity contribution in [3.63, 3.8) is 0 Å². The summed E-state index contributed by atoms with van der Waals surface area (Å²) in [7, 11) is 0. The van der Waals surface area contributed by atoms with E-state index in [9.17, 15) is 9.18 Å². The van der Waals surface area contributed by atoms with Crippen LogP contribution in [0.1, 0.15) is 11.1 Å². The largest absolute Gasteiger partial charge is 0.487 e. The van der Waals surface area contributed by atoms with E-state index >= 15 is 0 Å². The third-order valence-corrected chi connectivity index (χ3v) is 5.14. The number of fused-ring (bicyclic) bond motifs is 1. The van der Waals surface area contributed by atoms with Crippen molar-refractivity contribution >= 4 is 46.3 Å². The summed E-state index contributed by atoms with van der Waals surface area (Å²) in [5, 5.41) is 10.9. The molecule has 0 aliphatic carbocycles. The number of benzene rings is 2. The van der Waals surface area contributed by atoms with Crippen molar-refractivity contribution in [1.82, 2.24) is 4.90 Å². The fourth-order valence-corrected chi connectivity index (χ4v) is 3.61. The van der Waals surface area contributed by atoms with Gasteiger partial charge in [0.15, 0.2) is 5.17 Å². The Morgan fingerprint density at radius 2 is 2.04 bits per heavy atom. The van der Waals surface area contributed by atoms with Gasteiger partial charge in [-0.1, -0.05) is 41.6 Å². The molecule has 0 bridgehead atoms. The SMILES string of the molecule is N=C1C(=Cc2ccc(OCc3ccc(F)cc3)c(Cl)c2)C(=O)N=C2SC=CN12. The Kier molecular flexibility index (Phi) is 5.02. The van der Waals surface area contributed by atoms with Crippen LogP contribution in [0.4, 0.5) is 4.39 Å². The van der Waals surface area contributed by atoms with Gasteiger partial charge in [0.2, 0.25) is 0 Å². The lowest BCUT2D eigenvalue weighted by Gasteiger charge is -2.22. The first-order valence-electron chi connectivity index (χ1n) is 8.24. The number of nitrogens with one attached hydrogen (secondary N) is 1. The number of thioether (sulfide) groups is 1. The standard InChI is InChI=1S/C20H13ClFN3O2S/c21-16-10-13(3-6-17(16)27-11-12-1-4-14(22)5-2-12)9-15-18(23)25-7-8-28-20(25)24-19(15)26/h1-10,23H,11H2. The number of rotatable bonds is 4. The molecule has 140 valence electrons. The zero-order valence-corrected chi connectivity index (χ0v) is 15.9. The molecule has 4 rings (SSSR count). The molecule has 0 saturated carbocycles. The van der Waals surface area contributed by atoms with E-state index in [0.717, 1.165) is 5.56 Å². The predicted molar refractivity (Wildman–Crippen MR) is 109 cm³/mol. The van der Waals surface area contributed by atoms with Crippen LogP contribution in [-0.4, -0.2) is 21.8 Å². The Morgan fingerprint density at radius 1 is 1.25 bits per heavy atom. The smallest absolute Gasteiger partial charge is 0.283 e. The molecule has 2 aromatic rings. The van der Waals surface area contributed by atoms with E-state index in [-0.39, 0.29) is 23.8 Å². The van der Waals surface area contributed by atoms with E-state index < -0.39 is 5.91 Å². The van der Waals surface area contributed by atoms with Crippen LogP contribution in [0.5, 0.6) is 5.75 Å². The Bertz CT molecular complexity index is 1060. The molecule has 0 radical (unpaired) electrons. The maximum absolute atomic E-state index is 13.0. The lowest BCUT2D eigenvalue weighted by Crippen LogP contribution is -2.35. The van der Waals surface area contributed by atoms with Gasteiger partial charge < -0.3 is 4.74 Å². The van der Waals surface area contributed by atoms with Crippen LogP contribution in [0.3, 0.4) is 0 Å². The maximum Gasteiger partial charge on any atom is 0.283 e. The fraction of sp³-hybridized carbons (Fsp3) is 0.0500. The molecule has 1 amide bonds. The first-order valence-corrected chi connectivity index (χ1v) is 9.50. The van der Waals surface area contributed by atoms with Crippen LogP contribution in [0.2, 0.25) is 5.02 Å². The summed E-state index contributed by atoms with van der Waals surface area (Å²) < 4.78 is 18.6. The number of aliphatic imine (C=N–C) groups is 1. The van der Waals surface area contributed by atoms with Gasteiger partial charge in [-0.05, 0) is 46.9 Å². The summed E-state index contributed by atoms with van der Waals surface area (Å²) in [6.07, 6.45) is 3.28. The van der Waals surface area contributed by atoms with E-state index in [1.165, 1.54) is 23.9 Å². The van der Waals surface area contributed by atoms with Crippen molar-refractivity contribution < 1.29 is 13.9 Å². The molecule has 28 heavy (non-hydrogen) atoms. The van der Waals surface area contributed by atoms with Crippen LogP contribution >= 0.6 is 23.4 Å². The highest BCUT2D eigenvalue weighted by molar-refractivity contribution is 8.16. The third kappa shape index (κ3) is 3.72. The highest BCUT2D eigenvalue weighted by atomic mass is 35.5. The van der Waals surface area contributed by atoms with E-state index in [0.29, 0.717) is 21.5 Å². The predicted octanol–water partition coefficient (Wildman–Crippen LogP) is 4.83. The Morgan fingerprint density at radius 3 is 2.79 bits per heavy atom. The van der Waals surface area contributed by atoms with Crippen LogP contribution in [0.15, 0.2) is 64.6 Å². The first-order chi connectivity index (χ1) is 13.5. The quantitative estimate of drug-likeness (QED) is 0.729. The Balaban J connectivity index is 1.52. The van der Waals surface area contributed by atoms with Crippen molar-refractivity contribution in [2.45, 2.75) is 6.61 Å². The normalized spacial score (nSPS) is 17.1. The van der Waals surface area contributed by atoms with E-state index in [2.05, 4.69) is 4.99 Å². The molecule has 2 aliphatic heterocycles. The van der Waals surface area contributed by atoms with E-state index in [1.54, 1.807) is 52.9 Å². The molecule has 0 atom stereocenters. The lowest BCUT2D eigenvalue weighted by molar-refractivity contribution is -0.114. The van der Waals surface area contributed by atoms with Gasteiger partial charge in [-0.25, -0.2) is 4.39 Å². The van der Waals surface area contributed by atoms with Crippen molar-refractivity contribution in [3.05, 3.63) is 81.6 Å². The summed E-state index contributed by atoms with van der Waals surface area (Å²) in [5.41, 5.74) is 1.66. The molecule has 0 saturated heterocycles. The molecule has 2 aromatic carbocycles. The molecule has 0 spiro atoms. The summed E-state index contributed by atoms with van der Waals surface area (Å²) >= 11 is 7.59. The van der Waals surface area contributed by atoms with Crippen molar-refractivity contribution in [2.75, 3.05) is 0 Å². The minimum Gasteiger partial charge on any atom is -0.487 e. The molecule has 8 heteroatoms. The maximum atomic E-state index is 13.0. The minimum atomic E-state index is -0.458. The number of carbonyl (C=O) groups excluding carboxylic acids is 1. The number of amidine groups is 2. The summed E-state index contributed by atoms with van der Waals surface area (Å²) in [6.45, 7) is 0.250. The lowest BCUT2D eigenvalue weighted by atomic mass is 10.1. The monoisotopic (exact) mass is 413 g/mol. The zero-order chi connectivity index (χ0) is 19.7. The van der Waals surface area contributed by atoms with Crippen LogP contribution in [0.25, 0.3) is 6.08 Å². The molecular weight excluding hydrogens is 401 g/mol. The number of hydrogen-bond acceptors (Lipinski definition) is 4. The number of amides is 1. The molecular formula is C20H13ClFN3O2S. The van der Waals surface area contributed by atoms with Gasteiger partial charge in [0.25, 0.3) is 5.91 Å². The molecule has 2 aliphatic rings. The summed E-state index contributed by atoms with van der Waals surface area (Å²) in [4.78, 5) is 17.8. The first kappa shape index (κ1) is 18.5. The second-order valence-electron chi connectivity index (χ2n) is 5.98. The van der Waals surface area contributed by atoms with Gasteiger partial charge in [-0.2, -0.15) is 4.99 Å². The van der Waals surface area contributed by atoms with Crippen LogP contribution in [-0.2, 0) is 11.4 Å². The third-order valence-electron chi connectivity index (χ3n) is 4.09. The highest BCUT2D eigenvalue weighted by Crippen LogP contribution is 2.30. The highest BCUT2D eigenvalue weighted by Gasteiger charge is 2.30. The number of nitrogens with zero attached hydrogens (tertiary/aromatic N) is 2. The molecule has 0 aromatic heterocycles. The molecule has 1 N–H and O–H groups in total. The van der Waals surface area contributed by atoms with Crippen molar-refractivity contribution in [2.24, 2.45) is 4.99 Å². The molecule has 0 unspecified atom stereocenters. The molecule has 2 heterocycles. The van der Waals surface area contributed by atoms with Crippen LogP contribution < -0.4 is 4.74 Å². The topological polar surface area (TPSA) is 65.8 Å².